The van der Waals surface area contributed by atoms with Crippen LogP contribution in [0.3, 0.4) is 0 Å². The lowest BCUT2D eigenvalue weighted by Gasteiger charge is -2.06. The minimum Gasteiger partial charge on any atom is -0.296 e. The third kappa shape index (κ3) is 2.85. The van der Waals surface area contributed by atoms with E-state index in [1.54, 1.807) is 46.6 Å². The molecular formula is C15H14N6OS. The molecule has 0 atom stereocenters. The maximum absolute atomic E-state index is 12.3. The van der Waals surface area contributed by atoms with Crippen LogP contribution in [0.1, 0.15) is 33.9 Å². The number of carbonyl (C=O) groups excluding carboxylic acids is 1. The summed E-state index contributed by atoms with van der Waals surface area (Å²) in [5, 5.41) is 15.5. The summed E-state index contributed by atoms with van der Waals surface area (Å²) in [7, 11) is 0. The first kappa shape index (κ1) is 14.0. The first-order valence-corrected chi connectivity index (χ1v) is 8.25. The predicted molar refractivity (Wildman–Crippen MR) is 85.9 cm³/mol. The lowest BCUT2D eigenvalue weighted by Crippen LogP contribution is -2.15. The highest BCUT2D eigenvalue weighted by molar-refractivity contribution is 7.15. The summed E-state index contributed by atoms with van der Waals surface area (Å²) in [5.74, 6) is 0.270. The number of amides is 1. The number of aromatic nitrogens is 5. The Morgan fingerprint density at radius 3 is 2.87 bits per heavy atom. The number of anilines is 1. The van der Waals surface area contributed by atoms with Crippen LogP contribution in [0.4, 0.5) is 5.13 Å². The lowest BCUT2D eigenvalue weighted by molar-refractivity contribution is 0.102. The molecule has 116 valence electrons. The van der Waals surface area contributed by atoms with Gasteiger partial charge in [-0.3, -0.25) is 10.1 Å². The molecule has 0 fully saturated rings. The molecule has 0 bridgehead atoms. The highest BCUT2D eigenvalue weighted by Crippen LogP contribution is 2.29. The highest BCUT2D eigenvalue weighted by Gasteiger charge is 2.17. The fraction of sp³-hybridized carbons (Fsp3) is 0.267. The van der Waals surface area contributed by atoms with E-state index in [-0.39, 0.29) is 11.6 Å². The summed E-state index contributed by atoms with van der Waals surface area (Å²) in [4.78, 5) is 18.0. The largest absolute Gasteiger partial charge is 0.296 e. The number of nitrogens with one attached hydrogen (secondary N) is 1. The van der Waals surface area contributed by atoms with Gasteiger partial charge in [0.15, 0.2) is 16.6 Å². The van der Waals surface area contributed by atoms with Gasteiger partial charge in [0, 0.05) is 17.3 Å². The van der Waals surface area contributed by atoms with Gasteiger partial charge in [-0.2, -0.15) is 5.10 Å². The second-order valence-electron chi connectivity index (χ2n) is 5.28. The SMILES string of the molecule is O=C(Nc1nc2c(s1)CCCC2)c1ccc(-n2cccn2)nn1. The van der Waals surface area contributed by atoms with E-state index in [4.69, 9.17) is 0 Å². The van der Waals surface area contributed by atoms with Crippen molar-refractivity contribution in [3.8, 4) is 5.82 Å². The zero-order valence-corrected chi connectivity index (χ0v) is 13.1. The molecular weight excluding hydrogens is 312 g/mol. The summed E-state index contributed by atoms with van der Waals surface area (Å²) in [6.45, 7) is 0. The summed E-state index contributed by atoms with van der Waals surface area (Å²) in [5.41, 5.74) is 1.38. The van der Waals surface area contributed by atoms with Crippen molar-refractivity contribution in [1.29, 1.82) is 0 Å². The van der Waals surface area contributed by atoms with Gasteiger partial charge in [0.2, 0.25) is 0 Å². The molecule has 1 amide bonds. The molecule has 8 heteroatoms. The molecule has 0 radical (unpaired) electrons. The van der Waals surface area contributed by atoms with Crippen LogP contribution in [0.25, 0.3) is 5.82 Å². The fourth-order valence-electron chi connectivity index (χ4n) is 2.54. The van der Waals surface area contributed by atoms with Crippen LogP contribution in [-0.4, -0.2) is 30.9 Å². The Morgan fingerprint density at radius 1 is 1.22 bits per heavy atom. The molecule has 0 spiro atoms. The monoisotopic (exact) mass is 326 g/mol. The van der Waals surface area contributed by atoms with Crippen molar-refractivity contribution < 1.29 is 4.79 Å². The maximum atomic E-state index is 12.3. The normalized spacial score (nSPS) is 13.6. The Bertz CT molecular complexity index is 801. The van der Waals surface area contributed by atoms with Crippen LogP contribution >= 0.6 is 11.3 Å². The molecule has 3 aromatic rings. The zero-order valence-electron chi connectivity index (χ0n) is 12.3. The number of hydrogen-bond donors (Lipinski definition) is 1. The molecule has 0 saturated heterocycles. The van der Waals surface area contributed by atoms with Crippen molar-refractivity contribution in [2.45, 2.75) is 25.7 Å². The average Bonchev–Trinajstić information content (AvgIpc) is 3.24. The van der Waals surface area contributed by atoms with Gasteiger partial charge in [-0.25, -0.2) is 9.67 Å². The quantitative estimate of drug-likeness (QED) is 0.798. The number of hydrogen-bond acceptors (Lipinski definition) is 6. The molecule has 0 saturated carbocycles. The Morgan fingerprint density at radius 2 is 2.13 bits per heavy atom. The summed E-state index contributed by atoms with van der Waals surface area (Å²) in [6.07, 6.45) is 7.85. The molecule has 23 heavy (non-hydrogen) atoms. The van der Waals surface area contributed by atoms with Crippen LogP contribution in [0, 0.1) is 0 Å². The van der Waals surface area contributed by atoms with E-state index in [0.717, 1.165) is 18.5 Å². The number of fused-ring (bicyclic) bond motifs is 1. The highest BCUT2D eigenvalue weighted by atomic mass is 32.1. The lowest BCUT2D eigenvalue weighted by atomic mass is 10.0. The second kappa shape index (κ2) is 5.88. The van der Waals surface area contributed by atoms with Crippen molar-refractivity contribution in [2.24, 2.45) is 0 Å². The van der Waals surface area contributed by atoms with E-state index in [2.05, 4.69) is 25.6 Å². The second-order valence-corrected chi connectivity index (χ2v) is 6.36. The maximum Gasteiger partial charge on any atom is 0.277 e. The van der Waals surface area contributed by atoms with E-state index in [0.29, 0.717) is 10.9 Å². The summed E-state index contributed by atoms with van der Waals surface area (Å²) < 4.78 is 1.59. The Hall–Kier alpha value is -2.61. The van der Waals surface area contributed by atoms with E-state index in [9.17, 15) is 4.79 Å². The van der Waals surface area contributed by atoms with Crippen LogP contribution in [0.15, 0.2) is 30.6 Å². The average molecular weight is 326 g/mol. The number of thiazole rings is 1. The number of rotatable bonds is 3. The van der Waals surface area contributed by atoms with Gasteiger partial charge in [0.1, 0.15) is 0 Å². The van der Waals surface area contributed by atoms with Gasteiger partial charge in [0.25, 0.3) is 5.91 Å². The van der Waals surface area contributed by atoms with Crippen molar-refractivity contribution in [2.75, 3.05) is 5.32 Å². The molecule has 1 N–H and O–H groups in total. The first-order valence-electron chi connectivity index (χ1n) is 7.43. The van der Waals surface area contributed by atoms with Crippen molar-refractivity contribution >= 4 is 22.4 Å². The molecule has 3 heterocycles. The van der Waals surface area contributed by atoms with Crippen LogP contribution < -0.4 is 5.32 Å². The van der Waals surface area contributed by atoms with E-state index < -0.39 is 0 Å². The van der Waals surface area contributed by atoms with Crippen molar-refractivity contribution in [3.05, 3.63) is 46.9 Å². The van der Waals surface area contributed by atoms with Gasteiger partial charge >= 0.3 is 0 Å². The minimum absolute atomic E-state index is 0.258. The first-order chi connectivity index (χ1) is 11.3. The molecule has 0 unspecified atom stereocenters. The molecule has 1 aliphatic rings. The van der Waals surface area contributed by atoms with Gasteiger partial charge in [0.05, 0.1) is 5.69 Å². The van der Waals surface area contributed by atoms with Gasteiger partial charge in [-0.05, 0) is 43.9 Å². The summed E-state index contributed by atoms with van der Waals surface area (Å²) in [6, 6.07) is 5.14. The Labute approximate surface area is 136 Å². The van der Waals surface area contributed by atoms with Gasteiger partial charge < -0.3 is 0 Å². The molecule has 7 nitrogen and oxygen atoms in total. The standard InChI is InChI=1S/C15H14N6OS/c22-14(18-15-17-10-4-1-2-5-12(10)23-15)11-6-7-13(20-19-11)21-9-3-8-16-21/h3,6-9H,1-2,4-5H2,(H,17,18,22). The van der Waals surface area contributed by atoms with E-state index in [1.807, 2.05) is 0 Å². The molecule has 0 aliphatic heterocycles. The van der Waals surface area contributed by atoms with Crippen LogP contribution in [0.2, 0.25) is 0 Å². The fourth-order valence-corrected chi connectivity index (χ4v) is 3.58. The Kier molecular flexibility index (Phi) is 3.58. The van der Waals surface area contributed by atoms with E-state index >= 15 is 0 Å². The topological polar surface area (TPSA) is 85.6 Å². The zero-order chi connectivity index (χ0) is 15.6. The van der Waals surface area contributed by atoms with Crippen LogP contribution in [-0.2, 0) is 12.8 Å². The summed E-state index contributed by atoms with van der Waals surface area (Å²) >= 11 is 1.55. The smallest absolute Gasteiger partial charge is 0.277 e. The van der Waals surface area contributed by atoms with Crippen molar-refractivity contribution in [1.82, 2.24) is 25.0 Å². The number of nitrogens with zero attached hydrogens (tertiary/aromatic N) is 5. The van der Waals surface area contributed by atoms with Crippen molar-refractivity contribution in [3.63, 3.8) is 0 Å². The van der Waals surface area contributed by atoms with E-state index in [1.165, 1.54) is 17.7 Å². The van der Waals surface area contributed by atoms with Gasteiger partial charge in [-0.15, -0.1) is 21.5 Å². The molecule has 1 aliphatic carbocycles. The van der Waals surface area contributed by atoms with Gasteiger partial charge in [-0.1, -0.05) is 0 Å². The number of aryl methyl sites for hydroxylation is 2. The molecule has 4 rings (SSSR count). The Balaban J connectivity index is 1.49. The third-order valence-electron chi connectivity index (χ3n) is 3.69. The van der Waals surface area contributed by atoms with Crippen LogP contribution in [0.5, 0.6) is 0 Å². The number of carbonyl (C=O) groups is 1. The predicted octanol–water partition coefficient (Wildman–Crippen LogP) is 2.25. The molecule has 0 aromatic carbocycles. The molecule has 3 aromatic heterocycles. The minimum atomic E-state index is -0.296. The third-order valence-corrected chi connectivity index (χ3v) is 4.76.